The van der Waals surface area contributed by atoms with Crippen LogP contribution in [-0.2, 0) is 9.53 Å². The summed E-state index contributed by atoms with van der Waals surface area (Å²) in [5.41, 5.74) is 0.683. The number of carbonyl (C=O) groups is 2. The highest BCUT2D eigenvalue weighted by Gasteiger charge is 2.35. The molecule has 3 rings (SSSR count). The van der Waals surface area contributed by atoms with E-state index in [1.807, 2.05) is 0 Å². The molecule has 1 saturated heterocycles. The van der Waals surface area contributed by atoms with E-state index >= 15 is 0 Å². The molecule has 9 nitrogen and oxygen atoms in total. The first-order chi connectivity index (χ1) is 12.9. The standard InChI is InChI=1S/C18H22N4O5/c1-18(2,16(23)22-5-7-26-8-6-22)27-15-9-12(13-10-19-20-11-13)3-4-14(15)21-17(24)25/h3-4,9-11,21H,5-8H2,1-2H3,(H,19,20)(H,24,25). The minimum Gasteiger partial charge on any atom is -0.476 e. The van der Waals surface area contributed by atoms with Crippen molar-refractivity contribution < 1.29 is 24.2 Å². The van der Waals surface area contributed by atoms with Gasteiger partial charge in [-0.15, -0.1) is 0 Å². The van der Waals surface area contributed by atoms with Gasteiger partial charge in [0, 0.05) is 24.8 Å². The van der Waals surface area contributed by atoms with Gasteiger partial charge in [-0.2, -0.15) is 5.10 Å². The fourth-order valence-electron chi connectivity index (χ4n) is 2.88. The highest BCUT2D eigenvalue weighted by molar-refractivity contribution is 5.88. The predicted octanol–water partition coefficient (Wildman–Crippen LogP) is 2.18. The molecule has 0 saturated carbocycles. The first-order valence-corrected chi connectivity index (χ1v) is 8.56. The molecule has 1 fully saturated rings. The van der Waals surface area contributed by atoms with Gasteiger partial charge >= 0.3 is 6.09 Å². The third kappa shape index (κ3) is 4.37. The predicted molar refractivity (Wildman–Crippen MR) is 97.8 cm³/mol. The Kier molecular flexibility index (Phi) is 5.31. The fraction of sp³-hybridized carbons (Fsp3) is 0.389. The van der Waals surface area contributed by atoms with E-state index in [-0.39, 0.29) is 17.3 Å². The molecule has 1 aromatic carbocycles. The lowest BCUT2D eigenvalue weighted by atomic mass is 10.1. The minimum atomic E-state index is -1.21. The Morgan fingerprint density at radius 1 is 1.30 bits per heavy atom. The monoisotopic (exact) mass is 374 g/mol. The molecule has 2 heterocycles. The molecule has 0 unspecified atom stereocenters. The molecule has 9 heteroatoms. The van der Waals surface area contributed by atoms with Crippen molar-refractivity contribution >= 4 is 17.7 Å². The van der Waals surface area contributed by atoms with Crippen molar-refractivity contribution in [2.45, 2.75) is 19.4 Å². The molecule has 1 aliphatic rings. The lowest BCUT2D eigenvalue weighted by molar-refractivity contribution is -0.149. The number of hydrogen-bond acceptors (Lipinski definition) is 5. The lowest BCUT2D eigenvalue weighted by Crippen LogP contribution is -2.52. The summed E-state index contributed by atoms with van der Waals surface area (Å²) < 4.78 is 11.3. The van der Waals surface area contributed by atoms with Crippen LogP contribution in [0.5, 0.6) is 5.75 Å². The second-order valence-electron chi connectivity index (χ2n) is 6.65. The van der Waals surface area contributed by atoms with Crippen molar-refractivity contribution in [3.8, 4) is 16.9 Å². The van der Waals surface area contributed by atoms with Crippen molar-refractivity contribution in [1.82, 2.24) is 15.1 Å². The van der Waals surface area contributed by atoms with Crippen molar-refractivity contribution in [2.75, 3.05) is 31.6 Å². The van der Waals surface area contributed by atoms with Gasteiger partial charge in [0.25, 0.3) is 5.91 Å². The van der Waals surface area contributed by atoms with Gasteiger partial charge < -0.3 is 19.5 Å². The first-order valence-electron chi connectivity index (χ1n) is 8.56. The molecule has 0 atom stereocenters. The maximum absolute atomic E-state index is 12.9. The van der Waals surface area contributed by atoms with E-state index in [9.17, 15) is 9.59 Å². The summed E-state index contributed by atoms with van der Waals surface area (Å²) in [4.78, 5) is 25.7. The van der Waals surface area contributed by atoms with E-state index < -0.39 is 11.7 Å². The molecule has 1 aliphatic heterocycles. The summed E-state index contributed by atoms with van der Waals surface area (Å²) in [6.45, 7) is 5.31. The summed E-state index contributed by atoms with van der Waals surface area (Å²) in [6.07, 6.45) is 2.15. The Hall–Kier alpha value is -3.07. The number of carbonyl (C=O) groups excluding carboxylic acids is 1. The highest BCUT2D eigenvalue weighted by Crippen LogP contribution is 2.33. The van der Waals surface area contributed by atoms with Crippen LogP contribution in [0.4, 0.5) is 10.5 Å². The normalized spacial score (nSPS) is 14.7. The Morgan fingerprint density at radius 3 is 2.67 bits per heavy atom. The first kappa shape index (κ1) is 18.7. The highest BCUT2D eigenvalue weighted by atomic mass is 16.5. The van der Waals surface area contributed by atoms with Gasteiger partial charge in [-0.05, 0) is 31.5 Å². The number of anilines is 1. The molecule has 1 aromatic heterocycles. The summed E-state index contributed by atoms with van der Waals surface area (Å²) in [5, 5.41) is 18.0. The smallest absolute Gasteiger partial charge is 0.409 e. The van der Waals surface area contributed by atoms with Crippen molar-refractivity contribution in [2.24, 2.45) is 0 Å². The number of rotatable bonds is 5. The largest absolute Gasteiger partial charge is 0.476 e. The molecule has 0 radical (unpaired) electrons. The van der Waals surface area contributed by atoms with Gasteiger partial charge in [-0.25, -0.2) is 4.79 Å². The molecule has 144 valence electrons. The summed E-state index contributed by atoms with van der Waals surface area (Å²) in [7, 11) is 0. The van der Waals surface area contributed by atoms with Crippen LogP contribution in [0.1, 0.15) is 13.8 Å². The number of H-pyrrole nitrogens is 1. The molecular formula is C18H22N4O5. The van der Waals surface area contributed by atoms with Crippen LogP contribution < -0.4 is 10.1 Å². The molecule has 3 N–H and O–H groups in total. The fourth-order valence-corrected chi connectivity index (χ4v) is 2.88. The molecule has 0 aliphatic carbocycles. The van der Waals surface area contributed by atoms with Crippen LogP contribution in [0.25, 0.3) is 11.1 Å². The van der Waals surface area contributed by atoms with E-state index in [1.54, 1.807) is 49.3 Å². The number of nitrogens with one attached hydrogen (secondary N) is 2. The number of ether oxygens (including phenoxy) is 2. The van der Waals surface area contributed by atoms with Crippen LogP contribution in [0.2, 0.25) is 0 Å². The zero-order chi connectivity index (χ0) is 19.4. The number of nitrogens with zero attached hydrogens (tertiary/aromatic N) is 2. The topological polar surface area (TPSA) is 117 Å². The SMILES string of the molecule is CC(C)(Oc1cc(-c2cn[nH]c2)ccc1NC(=O)O)C(=O)N1CCOCC1. The van der Waals surface area contributed by atoms with Crippen molar-refractivity contribution in [3.05, 3.63) is 30.6 Å². The Balaban J connectivity index is 1.89. The average molecular weight is 374 g/mol. The summed E-state index contributed by atoms with van der Waals surface area (Å²) >= 11 is 0. The lowest BCUT2D eigenvalue weighted by Gasteiger charge is -2.34. The van der Waals surface area contributed by atoms with Gasteiger partial charge in [0.1, 0.15) is 5.75 Å². The Morgan fingerprint density at radius 2 is 2.04 bits per heavy atom. The van der Waals surface area contributed by atoms with Gasteiger partial charge in [-0.3, -0.25) is 15.2 Å². The quantitative estimate of drug-likeness (QED) is 0.739. The van der Waals surface area contributed by atoms with E-state index in [2.05, 4.69) is 15.5 Å². The molecular weight excluding hydrogens is 352 g/mol. The van der Waals surface area contributed by atoms with E-state index in [0.29, 0.717) is 26.3 Å². The molecule has 0 bridgehead atoms. The minimum absolute atomic E-state index is 0.180. The number of aromatic amines is 1. The van der Waals surface area contributed by atoms with Crippen molar-refractivity contribution in [1.29, 1.82) is 0 Å². The van der Waals surface area contributed by atoms with Crippen LogP contribution in [0.3, 0.4) is 0 Å². The van der Waals surface area contributed by atoms with E-state index in [1.165, 1.54) is 0 Å². The summed E-state index contributed by atoms with van der Waals surface area (Å²) in [5.74, 6) is 0.0866. The van der Waals surface area contributed by atoms with Gasteiger partial charge in [-0.1, -0.05) is 6.07 Å². The maximum atomic E-state index is 12.9. The number of carboxylic acid groups (broad SMARTS) is 1. The zero-order valence-corrected chi connectivity index (χ0v) is 15.2. The van der Waals surface area contributed by atoms with Crippen molar-refractivity contribution in [3.63, 3.8) is 0 Å². The van der Waals surface area contributed by atoms with Crippen LogP contribution in [-0.4, -0.2) is 64.1 Å². The number of benzene rings is 1. The number of morpholine rings is 1. The van der Waals surface area contributed by atoms with Gasteiger partial charge in [0.05, 0.1) is 25.1 Å². The Bertz CT molecular complexity index is 813. The second kappa shape index (κ2) is 7.67. The molecule has 0 spiro atoms. The van der Waals surface area contributed by atoms with Crippen LogP contribution in [0, 0.1) is 0 Å². The van der Waals surface area contributed by atoms with Gasteiger partial charge in [0.2, 0.25) is 0 Å². The number of aromatic nitrogens is 2. The average Bonchev–Trinajstić information content (AvgIpc) is 3.17. The zero-order valence-electron chi connectivity index (χ0n) is 15.2. The second-order valence-corrected chi connectivity index (χ2v) is 6.65. The third-order valence-corrected chi connectivity index (χ3v) is 4.23. The van der Waals surface area contributed by atoms with E-state index in [0.717, 1.165) is 11.1 Å². The third-order valence-electron chi connectivity index (χ3n) is 4.23. The number of hydrogen-bond donors (Lipinski definition) is 3. The molecule has 2 aromatic rings. The molecule has 2 amide bonds. The van der Waals surface area contributed by atoms with Crippen LogP contribution >= 0.6 is 0 Å². The maximum Gasteiger partial charge on any atom is 0.409 e. The van der Waals surface area contributed by atoms with Crippen LogP contribution in [0.15, 0.2) is 30.6 Å². The van der Waals surface area contributed by atoms with E-state index in [4.69, 9.17) is 14.6 Å². The van der Waals surface area contributed by atoms with Gasteiger partial charge in [0.15, 0.2) is 5.60 Å². The Labute approximate surface area is 156 Å². The molecule has 27 heavy (non-hydrogen) atoms. The summed E-state index contributed by atoms with van der Waals surface area (Å²) in [6, 6.07) is 5.03. The number of amides is 2.